The van der Waals surface area contributed by atoms with Gasteiger partial charge in [0.05, 0.1) is 25.2 Å². The van der Waals surface area contributed by atoms with Crippen LogP contribution in [0, 0.1) is 11.8 Å². The number of carbonyl (C=O) groups is 6. The third-order valence-corrected chi connectivity index (χ3v) is 16.1. The Bertz CT molecular complexity index is 2380. The van der Waals surface area contributed by atoms with Crippen molar-refractivity contribution in [2.24, 2.45) is 11.8 Å². The lowest BCUT2D eigenvalue weighted by Crippen LogP contribution is -2.63. The first-order valence-electron chi connectivity index (χ1n) is 28.2. The molecule has 6 amide bonds. The number of hydrogen-bond donors (Lipinski definition) is 6. The largest absolute Gasteiger partial charge is 0.343 e. The Morgan fingerprint density at radius 1 is 0.539 bits per heavy atom. The molecule has 2 aliphatic heterocycles. The van der Waals surface area contributed by atoms with Gasteiger partial charge in [-0.15, -0.1) is 0 Å². The van der Waals surface area contributed by atoms with E-state index < -0.39 is 12.1 Å². The molecule has 2 saturated carbocycles. The standard InChI is InChI=1S/C60H82N10O6/c1-61-39-53(71)65-55(45-19-11-5-12-20-45)59(75)69-33-29-63-37-51(69)41-67(31-27-43-15-7-3-8-16-43)57(73)49-25-23-48-36-50(26-24-47(48)35-49)58(74)68(32-28-44-17-9-4-10-18-44)42-52-38-64-30-34-70(52)60(76)56(66-54(72)40-62-2)46-21-13-6-14-22-46/h3-4,7-10,15-18,23-26,35-36,45-46,51-52,55-56,61-64H,5-6,11-14,19-22,27-34,37-42H2,1-2H3,(H,65,71)(H,66,72). The Balaban J connectivity index is 1.03. The van der Waals surface area contributed by atoms with Gasteiger partial charge in [-0.05, 0) is 111 Å². The highest BCUT2D eigenvalue weighted by Crippen LogP contribution is 2.30. The third kappa shape index (κ3) is 15.0. The molecule has 4 atom stereocenters. The van der Waals surface area contributed by atoms with Crippen molar-refractivity contribution in [3.05, 3.63) is 119 Å². The van der Waals surface area contributed by atoms with Crippen LogP contribution in [0.1, 0.15) is 96.1 Å². The second-order valence-corrected chi connectivity index (χ2v) is 21.5. The second kappa shape index (κ2) is 28.3. The minimum atomic E-state index is -0.626. The molecule has 0 spiro atoms. The van der Waals surface area contributed by atoms with Gasteiger partial charge in [-0.25, -0.2) is 0 Å². The summed E-state index contributed by atoms with van der Waals surface area (Å²) in [6.45, 7) is 4.96. The number of carbonyl (C=O) groups excluding carboxylic acids is 6. The van der Waals surface area contributed by atoms with Gasteiger partial charge in [-0.2, -0.15) is 0 Å². The highest BCUT2D eigenvalue weighted by atomic mass is 16.2. The minimum Gasteiger partial charge on any atom is -0.343 e. The maximum Gasteiger partial charge on any atom is 0.253 e. The number of likely N-dealkylation sites (N-methyl/N-ethyl adjacent to an activating group) is 2. The van der Waals surface area contributed by atoms with Crippen LogP contribution in [0.15, 0.2) is 97.1 Å². The molecule has 0 radical (unpaired) electrons. The number of amides is 6. The van der Waals surface area contributed by atoms with E-state index in [1.54, 1.807) is 14.1 Å². The predicted molar refractivity (Wildman–Crippen MR) is 298 cm³/mol. The first-order chi connectivity index (χ1) is 37.1. The molecule has 4 aromatic carbocycles. The summed E-state index contributed by atoms with van der Waals surface area (Å²) in [5.74, 6) is -0.744. The Morgan fingerprint density at radius 2 is 0.934 bits per heavy atom. The zero-order valence-electron chi connectivity index (χ0n) is 44.9. The van der Waals surface area contributed by atoms with E-state index in [1.807, 2.05) is 92.4 Å². The van der Waals surface area contributed by atoms with Crippen LogP contribution in [0.5, 0.6) is 0 Å². The zero-order chi connectivity index (χ0) is 53.2. The number of hydrogen-bond acceptors (Lipinski definition) is 10. The van der Waals surface area contributed by atoms with Gasteiger partial charge in [0.1, 0.15) is 12.1 Å². The van der Waals surface area contributed by atoms with E-state index >= 15 is 0 Å². The van der Waals surface area contributed by atoms with Crippen molar-refractivity contribution in [2.75, 3.05) is 92.6 Å². The highest BCUT2D eigenvalue weighted by molar-refractivity contribution is 6.02. The fraction of sp³-hybridized carbons (Fsp3) is 0.533. The van der Waals surface area contributed by atoms with Crippen LogP contribution in [0.25, 0.3) is 10.8 Å². The molecule has 6 N–H and O–H groups in total. The van der Waals surface area contributed by atoms with Gasteiger partial charge in [-0.1, -0.05) is 111 Å². The van der Waals surface area contributed by atoms with Crippen LogP contribution in [-0.4, -0.2) is 172 Å². The van der Waals surface area contributed by atoms with Crippen molar-refractivity contribution < 1.29 is 28.8 Å². The zero-order valence-corrected chi connectivity index (χ0v) is 44.9. The Morgan fingerprint density at radius 3 is 1.32 bits per heavy atom. The van der Waals surface area contributed by atoms with Gasteiger partial charge in [-0.3, -0.25) is 28.8 Å². The Labute approximate surface area is 449 Å². The van der Waals surface area contributed by atoms with E-state index in [2.05, 4.69) is 56.2 Å². The number of piperazine rings is 2. The molecule has 0 bridgehead atoms. The van der Waals surface area contributed by atoms with E-state index in [-0.39, 0.29) is 72.5 Å². The lowest BCUT2D eigenvalue weighted by Gasteiger charge is -2.42. The Kier molecular flexibility index (Phi) is 20.8. The molecule has 4 fully saturated rings. The predicted octanol–water partition coefficient (Wildman–Crippen LogP) is 4.38. The monoisotopic (exact) mass is 1040 g/mol. The average Bonchev–Trinajstić information content (AvgIpc) is 3.46. The molecule has 16 heteroatoms. The summed E-state index contributed by atoms with van der Waals surface area (Å²) >= 11 is 0. The number of rotatable bonds is 22. The van der Waals surface area contributed by atoms with Crippen molar-refractivity contribution in [1.82, 2.24) is 51.5 Å². The quantitative estimate of drug-likeness (QED) is 0.0660. The summed E-state index contributed by atoms with van der Waals surface area (Å²) in [5, 5.41) is 20.6. The third-order valence-electron chi connectivity index (χ3n) is 16.1. The molecular weight excluding hydrogens is 957 g/mol. The van der Waals surface area contributed by atoms with Crippen molar-refractivity contribution in [1.29, 1.82) is 0 Å². The van der Waals surface area contributed by atoms with Crippen LogP contribution in [0.2, 0.25) is 0 Å². The molecule has 8 rings (SSSR count). The van der Waals surface area contributed by atoms with E-state index in [0.717, 1.165) is 86.1 Å². The van der Waals surface area contributed by atoms with Gasteiger partial charge < -0.3 is 51.5 Å². The number of nitrogens with one attached hydrogen (secondary N) is 6. The van der Waals surface area contributed by atoms with E-state index in [0.29, 0.717) is 89.4 Å². The molecule has 4 aliphatic rings. The molecule has 4 aromatic rings. The molecule has 408 valence electrons. The van der Waals surface area contributed by atoms with Gasteiger partial charge in [0.25, 0.3) is 11.8 Å². The molecule has 2 aliphatic carbocycles. The van der Waals surface area contributed by atoms with Crippen LogP contribution in [-0.2, 0) is 32.0 Å². The fourth-order valence-corrected chi connectivity index (χ4v) is 12.0. The highest BCUT2D eigenvalue weighted by Gasteiger charge is 2.40. The van der Waals surface area contributed by atoms with Crippen LogP contribution < -0.4 is 31.9 Å². The van der Waals surface area contributed by atoms with E-state index in [4.69, 9.17) is 0 Å². The van der Waals surface area contributed by atoms with Crippen molar-refractivity contribution in [2.45, 2.75) is 101 Å². The maximum atomic E-state index is 14.9. The van der Waals surface area contributed by atoms with Gasteiger partial charge >= 0.3 is 0 Å². The minimum absolute atomic E-state index is 0.0585. The first-order valence-corrected chi connectivity index (χ1v) is 28.2. The summed E-state index contributed by atoms with van der Waals surface area (Å²) in [4.78, 5) is 92.8. The van der Waals surface area contributed by atoms with Crippen LogP contribution in [0.3, 0.4) is 0 Å². The SMILES string of the molecule is CNCC(=O)NC(C(=O)N1CCNCC1CN(CCc1ccccc1)C(=O)c1ccc2cc(C(=O)N(CCc3ccccc3)CC3CNCCN3C(=O)C(NC(=O)CNC)C3CCCCC3)ccc2c1)C1CCCCC1. The summed E-state index contributed by atoms with van der Waals surface area (Å²) in [7, 11) is 3.45. The summed E-state index contributed by atoms with van der Waals surface area (Å²) in [6.07, 6.45) is 11.2. The van der Waals surface area contributed by atoms with E-state index in [9.17, 15) is 28.8 Å². The topological polar surface area (TPSA) is 188 Å². The summed E-state index contributed by atoms with van der Waals surface area (Å²) in [5.41, 5.74) is 3.22. The fourth-order valence-electron chi connectivity index (χ4n) is 12.0. The van der Waals surface area contributed by atoms with Crippen molar-refractivity contribution >= 4 is 46.2 Å². The molecule has 0 aromatic heterocycles. The smallest absolute Gasteiger partial charge is 0.253 e. The molecular formula is C60H82N10O6. The van der Waals surface area contributed by atoms with Crippen LogP contribution >= 0.6 is 0 Å². The van der Waals surface area contributed by atoms with Gasteiger partial charge in [0, 0.05) is 76.6 Å². The maximum absolute atomic E-state index is 14.9. The normalized spacial score (nSPS) is 19.3. The van der Waals surface area contributed by atoms with Gasteiger partial charge in [0.2, 0.25) is 23.6 Å². The van der Waals surface area contributed by atoms with Crippen molar-refractivity contribution in [3.63, 3.8) is 0 Å². The lowest BCUT2D eigenvalue weighted by molar-refractivity contribution is -0.141. The molecule has 2 saturated heterocycles. The van der Waals surface area contributed by atoms with Crippen molar-refractivity contribution in [3.8, 4) is 0 Å². The molecule has 76 heavy (non-hydrogen) atoms. The summed E-state index contributed by atoms with van der Waals surface area (Å²) < 4.78 is 0. The summed E-state index contributed by atoms with van der Waals surface area (Å²) in [6, 6.07) is 29.6. The van der Waals surface area contributed by atoms with Gasteiger partial charge in [0.15, 0.2) is 0 Å². The molecule has 2 heterocycles. The number of benzene rings is 4. The average molecular weight is 1040 g/mol. The van der Waals surface area contributed by atoms with E-state index in [1.165, 1.54) is 0 Å². The lowest BCUT2D eigenvalue weighted by atomic mass is 9.83. The molecule has 16 nitrogen and oxygen atoms in total. The Hall–Kier alpha value is -6.20. The second-order valence-electron chi connectivity index (χ2n) is 21.5. The first kappa shape index (κ1) is 56.0. The number of fused-ring (bicyclic) bond motifs is 1. The van der Waals surface area contributed by atoms with Crippen LogP contribution in [0.4, 0.5) is 0 Å². The molecule has 4 unspecified atom stereocenters. The number of nitrogens with zero attached hydrogens (tertiary/aromatic N) is 4.